The first-order valence-corrected chi connectivity index (χ1v) is 13.6. The summed E-state index contributed by atoms with van der Waals surface area (Å²) in [6.45, 7) is 6.63. The summed E-state index contributed by atoms with van der Waals surface area (Å²) in [7, 11) is 0. The number of aliphatic hydroxyl groups excluding tert-OH is 1. The van der Waals surface area contributed by atoms with E-state index in [1.54, 1.807) is 36.4 Å². The first kappa shape index (κ1) is 27.4. The minimum atomic E-state index is -0.762. The Balaban J connectivity index is 1.38. The van der Waals surface area contributed by atoms with Gasteiger partial charge in [0.05, 0.1) is 24.8 Å². The summed E-state index contributed by atoms with van der Waals surface area (Å²) in [6, 6.07) is 20.5. The van der Waals surface area contributed by atoms with E-state index in [4.69, 9.17) is 9.47 Å². The maximum atomic E-state index is 13.3. The van der Waals surface area contributed by atoms with Gasteiger partial charge < -0.3 is 24.6 Å². The number of amides is 1. The van der Waals surface area contributed by atoms with Crippen molar-refractivity contribution in [1.82, 2.24) is 9.80 Å². The van der Waals surface area contributed by atoms with E-state index in [1.807, 2.05) is 31.2 Å². The van der Waals surface area contributed by atoms with Crippen LogP contribution in [0.4, 0.5) is 0 Å². The molecule has 0 aliphatic carbocycles. The van der Waals surface area contributed by atoms with Gasteiger partial charge in [-0.3, -0.25) is 14.5 Å². The number of Topliss-reactive ketones (excluding diaryl/α,β-unsaturated/α-hetero) is 1. The van der Waals surface area contributed by atoms with Gasteiger partial charge >= 0.3 is 0 Å². The van der Waals surface area contributed by atoms with Gasteiger partial charge in [-0.25, -0.2) is 0 Å². The largest absolute Gasteiger partial charge is 0.508 e. The van der Waals surface area contributed by atoms with E-state index >= 15 is 0 Å². The van der Waals surface area contributed by atoms with E-state index in [2.05, 4.69) is 4.90 Å². The normalized spacial score (nSPS) is 19.2. The molecule has 2 aliphatic heterocycles. The van der Waals surface area contributed by atoms with E-state index in [0.717, 1.165) is 30.8 Å². The maximum Gasteiger partial charge on any atom is 0.295 e. The highest BCUT2D eigenvalue weighted by Crippen LogP contribution is 2.40. The molecule has 0 saturated carbocycles. The van der Waals surface area contributed by atoms with Crippen LogP contribution in [0.5, 0.6) is 11.5 Å². The zero-order chi connectivity index (χ0) is 28.1. The second kappa shape index (κ2) is 12.4. The molecule has 1 unspecified atom stereocenters. The fourth-order valence-corrected chi connectivity index (χ4v) is 5.20. The third-order valence-corrected chi connectivity index (χ3v) is 7.51. The Morgan fingerprint density at radius 3 is 2.35 bits per heavy atom. The number of carbonyl (C=O) groups excluding carboxylic acids is 2. The molecule has 0 bridgehead atoms. The molecule has 5 rings (SSSR count). The van der Waals surface area contributed by atoms with Crippen molar-refractivity contribution in [1.29, 1.82) is 0 Å². The number of rotatable bonds is 9. The number of ether oxygens (including phenoxy) is 2. The molecule has 2 heterocycles. The van der Waals surface area contributed by atoms with Crippen molar-refractivity contribution in [2.24, 2.45) is 0 Å². The fraction of sp³-hybridized carbons (Fsp3) is 0.312. The Labute approximate surface area is 234 Å². The molecule has 208 valence electrons. The first-order valence-electron chi connectivity index (χ1n) is 13.6. The lowest BCUT2D eigenvalue weighted by atomic mass is 9.95. The summed E-state index contributed by atoms with van der Waals surface area (Å²) in [4.78, 5) is 30.3. The summed E-state index contributed by atoms with van der Waals surface area (Å²) in [6.07, 6.45) is 0.675. The zero-order valence-corrected chi connectivity index (χ0v) is 22.6. The minimum Gasteiger partial charge on any atom is -0.508 e. The number of nitrogens with zero attached hydrogens (tertiary/aromatic N) is 2. The number of likely N-dealkylation sites (tertiary alicyclic amines) is 1. The molecule has 0 radical (unpaired) electrons. The number of phenolic OH excluding ortho intramolecular Hbond substituents is 1. The van der Waals surface area contributed by atoms with E-state index in [9.17, 15) is 19.8 Å². The van der Waals surface area contributed by atoms with Crippen molar-refractivity contribution < 1.29 is 29.3 Å². The average Bonchev–Trinajstić information content (AvgIpc) is 3.23. The molecule has 8 heteroatoms. The second-order valence-corrected chi connectivity index (χ2v) is 10.1. The Bertz CT molecular complexity index is 1380. The predicted octanol–water partition coefficient (Wildman–Crippen LogP) is 4.42. The van der Waals surface area contributed by atoms with E-state index in [0.29, 0.717) is 49.7 Å². The predicted molar refractivity (Wildman–Crippen MR) is 151 cm³/mol. The molecule has 2 fully saturated rings. The summed E-state index contributed by atoms with van der Waals surface area (Å²) in [5, 5.41) is 21.2. The Morgan fingerprint density at radius 2 is 1.65 bits per heavy atom. The number of aliphatic hydroxyl groups is 1. The molecule has 0 aromatic heterocycles. The van der Waals surface area contributed by atoms with Crippen LogP contribution in [0, 0.1) is 6.92 Å². The third-order valence-electron chi connectivity index (χ3n) is 7.51. The Morgan fingerprint density at radius 1 is 0.950 bits per heavy atom. The van der Waals surface area contributed by atoms with Crippen molar-refractivity contribution in [3.05, 3.63) is 101 Å². The Kier molecular flexibility index (Phi) is 8.48. The van der Waals surface area contributed by atoms with Crippen LogP contribution in [-0.2, 0) is 20.9 Å². The summed E-state index contributed by atoms with van der Waals surface area (Å²) < 4.78 is 11.3. The molecule has 2 saturated heterocycles. The zero-order valence-electron chi connectivity index (χ0n) is 22.6. The van der Waals surface area contributed by atoms with Crippen LogP contribution in [0.1, 0.15) is 34.7 Å². The lowest BCUT2D eigenvalue weighted by Crippen LogP contribution is -2.38. The molecule has 1 amide bonds. The highest BCUT2D eigenvalue weighted by molar-refractivity contribution is 6.46. The smallest absolute Gasteiger partial charge is 0.295 e. The number of aromatic hydroxyl groups is 1. The second-order valence-electron chi connectivity index (χ2n) is 10.1. The SMILES string of the molecule is Cc1ccccc1COc1ccc(/C(O)=C2/C(=O)C(=O)N(CCCN3CCOCC3)C2c2ccc(O)cc2)cc1. The lowest BCUT2D eigenvalue weighted by Gasteiger charge is -2.29. The van der Waals surface area contributed by atoms with Crippen molar-refractivity contribution in [2.45, 2.75) is 26.0 Å². The third kappa shape index (κ3) is 6.03. The van der Waals surface area contributed by atoms with Gasteiger partial charge in [0.15, 0.2) is 0 Å². The molecule has 2 aliphatic rings. The molecule has 40 heavy (non-hydrogen) atoms. The van der Waals surface area contributed by atoms with Crippen molar-refractivity contribution in [3.8, 4) is 11.5 Å². The van der Waals surface area contributed by atoms with Crippen LogP contribution in [0.25, 0.3) is 5.76 Å². The van der Waals surface area contributed by atoms with Crippen LogP contribution < -0.4 is 4.74 Å². The summed E-state index contributed by atoms with van der Waals surface area (Å²) in [5.74, 6) is -0.896. The fourth-order valence-electron chi connectivity index (χ4n) is 5.20. The molecular weight excluding hydrogens is 508 g/mol. The topological polar surface area (TPSA) is 99.5 Å². The summed E-state index contributed by atoms with van der Waals surface area (Å²) in [5.41, 5.74) is 3.31. The van der Waals surface area contributed by atoms with Crippen LogP contribution in [0.3, 0.4) is 0 Å². The van der Waals surface area contributed by atoms with Crippen molar-refractivity contribution >= 4 is 17.4 Å². The van der Waals surface area contributed by atoms with Gasteiger partial charge in [-0.1, -0.05) is 36.4 Å². The summed E-state index contributed by atoms with van der Waals surface area (Å²) >= 11 is 0. The van der Waals surface area contributed by atoms with Crippen LogP contribution >= 0.6 is 0 Å². The lowest BCUT2D eigenvalue weighted by molar-refractivity contribution is -0.140. The van der Waals surface area contributed by atoms with Gasteiger partial charge in [-0.2, -0.15) is 0 Å². The monoisotopic (exact) mass is 542 g/mol. The van der Waals surface area contributed by atoms with Gasteiger partial charge in [0.25, 0.3) is 11.7 Å². The number of morpholine rings is 1. The van der Waals surface area contributed by atoms with Crippen molar-refractivity contribution in [3.63, 3.8) is 0 Å². The molecule has 0 spiro atoms. The van der Waals surface area contributed by atoms with Crippen molar-refractivity contribution in [2.75, 3.05) is 39.4 Å². The van der Waals surface area contributed by atoms with E-state index in [1.165, 1.54) is 17.0 Å². The minimum absolute atomic E-state index is 0.0376. The molecule has 2 N–H and O–H groups in total. The maximum absolute atomic E-state index is 13.3. The first-order chi connectivity index (χ1) is 19.4. The van der Waals surface area contributed by atoms with Crippen LogP contribution in [0.2, 0.25) is 0 Å². The number of hydrogen-bond donors (Lipinski definition) is 2. The number of ketones is 1. The van der Waals surface area contributed by atoms with Crippen LogP contribution in [-0.4, -0.2) is 71.1 Å². The number of hydrogen-bond acceptors (Lipinski definition) is 7. The van der Waals surface area contributed by atoms with Gasteiger partial charge in [0, 0.05) is 31.7 Å². The number of aryl methyl sites for hydroxylation is 1. The number of phenols is 1. The van der Waals surface area contributed by atoms with E-state index in [-0.39, 0.29) is 17.1 Å². The van der Waals surface area contributed by atoms with E-state index < -0.39 is 17.7 Å². The van der Waals surface area contributed by atoms with Gasteiger partial charge in [-0.05, 0) is 66.4 Å². The quantitative estimate of drug-likeness (QED) is 0.235. The standard InChI is InChI=1S/C32H34N2O6/c1-22-5-2-3-6-25(22)21-40-27-13-9-24(10-14-27)30(36)28-29(23-7-11-26(35)12-8-23)34(32(38)31(28)37)16-4-15-33-17-19-39-20-18-33/h2-3,5-14,29,35-36H,4,15-21H2,1H3/b30-28-. The molecule has 1 atom stereocenters. The van der Waals surface area contributed by atoms with Crippen LogP contribution in [0.15, 0.2) is 78.4 Å². The van der Waals surface area contributed by atoms with Gasteiger partial charge in [-0.15, -0.1) is 0 Å². The molecule has 3 aromatic rings. The highest BCUT2D eigenvalue weighted by Gasteiger charge is 2.45. The number of benzene rings is 3. The highest BCUT2D eigenvalue weighted by atomic mass is 16.5. The molecular formula is C32H34N2O6. The van der Waals surface area contributed by atoms with Gasteiger partial charge in [0.2, 0.25) is 0 Å². The molecule has 8 nitrogen and oxygen atoms in total. The Hall–Kier alpha value is -4.14. The molecule has 3 aromatic carbocycles. The van der Waals surface area contributed by atoms with Gasteiger partial charge in [0.1, 0.15) is 23.9 Å². The number of carbonyl (C=O) groups is 2. The average molecular weight is 543 g/mol.